The molecule has 0 saturated carbocycles. The number of hydrogen-bond donors (Lipinski definition) is 0. The predicted octanol–water partition coefficient (Wildman–Crippen LogP) is 2.59. The zero-order chi connectivity index (χ0) is 13.8. The van der Waals surface area contributed by atoms with Gasteiger partial charge in [0, 0.05) is 24.3 Å². The van der Waals surface area contributed by atoms with Crippen LogP contribution >= 0.6 is 11.3 Å². The van der Waals surface area contributed by atoms with Crippen LogP contribution < -0.4 is 5.56 Å². The summed E-state index contributed by atoms with van der Waals surface area (Å²) in [5.74, 6) is -0.433. The molecule has 0 bridgehead atoms. The normalized spacial score (nSPS) is 12.6. The first-order chi connectivity index (χ1) is 9.10. The van der Waals surface area contributed by atoms with E-state index in [9.17, 15) is 9.18 Å². The molecule has 0 aliphatic rings. The van der Waals surface area contributed by atoms with E-state index in [1.165, 1.54) is 28.2 Å². The Morgan fingerprint density at radius 3 is 3.05 bits per heavy atom. The molecule has 0 radical (unpaired) electrons. The molecule has 0 aromatic carbocycles. The standard InChI is InChI=1S/C13H15FN2O2S/c1-3-18-9(2)13-15-11(8-19-13)7-16-6-10(14)4-5-12(16)17/h4-6,8-9H,3,7H2,1-2H3/t9-/m1/s1. The third-order valence-electron chi connectivity index (χ3n) is 2.61. The second-order valence-electron chi connectivity index (χ2n) is 4.09. The van der Waals surface area contributed by atoms with E-state index in [4.69, 9.17) is 4.74 Å². The molecule has 2 heterocycles. The number of ether oxygens (including phenoxy) is 1. The molecule has 4 nitrogen and oxygen atoms in total. The summed E-state index contributed by atoms with van der Waals surface area (Å²) in [6, 6.07) is 2.37. The van der Waals surface area contributed by atoms with Gasteiger partial charge >= 0.3 is 0 Å². The number of nitrogens with zero attached hydrogens (tertiary/aromatic N) is 2. The average molecular weight is 282 g/mol. The third-order valence-corrected chi connectivity index (χ3v) is 3.67. The van der Waals surface area contributed by atoms with Crippen molar-refractivity contribution in [3.63, 3.8) is 0 Å². The van der Waals surface area contributed by atoms with Crippen molar-refractivity contribution >= 4 is 11.3 Å². The molecule has 0 unspecified atom stereocenters. The summed E-state index contributed by atoms with van der Waals surface area (Å²) < 4.78 is 19.8. The molecular formula is C13H15FN2O2S. The summed E-state index contributed by atoms with van der Waals surface area (Å²) in [5.41, 5.74) is 0.494. The first-order valence-corrected chi connectivity index (χ1v) is 6.90. The van der Waals surface area contributed by atoms with Crippen LogP contribution in [0.1, 0.15) is 30.7 Å². The van der Waals surface area contributed by atoms with Gasteiger partial charge in [-0.15, -0.1) is 11.3 Å². The molecule has 0 amide bonds. The highest BCUT2D eigenvalue weighted by atomic mass is 32.1. The van der Waals surface area contributed by atoms with E-state index < -0.39 is 5.82 Å². The summed E-state index contributed by atoms with van der Waals surface area (Å²) >= 11 is 1.48. The van der Waals surface area contributed by atoms with E-state index in [-0.39, 0.29) is 18.2 Å². The minimum absolute atomic E-state index is 0.0621. The van der Waals surface area contributed by atoms with Gasteiger partial charge in [-0.05, 0) is 19.9 Å². The van der Waals surface area contributed by atoms with E-state index in [1.807, 2.05) is 19.2 Å². The number of rotatable bonds is 5. The molecule has 102 valence electrons. The summed E-state index contributed by atoms with van der Waals surface area (Å²) in [6.07, 6.45) is 1.13. The van der Waals surface area contributed by atoms with Crippen LogP contribution in [0.5, 0.6) is 0 Å². The van der Waals surface area contributed by atoms with Gasteiger partial charge in [0.25, 0.3) is 5.56 Å². The second-order valence-corrected chi connectivity index (χ2v) is 4.98. The van der Waals surface area contributed by atoms with E-state index in [1.54, 1.807) is 0 Å². The van der Waals surface area contributed by atoms with E-state index >= 15 is 0 Å². The molecule has 1 atom stereocenters. The van der Waals surface area contributed by atoms with Crippen LogP contribution in [0.2, 0.25) is 0 Å². The molecule has 0 aliphatic carbocycles. The Bertz CT molecular complexity index is 609. The molecule has 0 saturated heterocycles. The van der Waals surface area contributed by atoms with Gasteiger partial charge in [0.15, 0.2) is 0 Å². The molecule has 0 aliphatic heterocycles. The lowest BCUT2D eigenvalue weighted by Crippen LogP contribution is -2.19. The summed E-state index contributed by atoms with van der Waals surface area (Å²) in [6.45, 7) is 4.75. The van der Waals surface area contributed by atoms with Gasteiger partial charge in [0.05, 0.1) is 12.2 Å². The van der Waals surface area contributed by atoms with Crippen molar-refractivity contribution in [2.75, 3.05) is 6.61 Å². The minimum atomic E-state index is -0.433. The highest BCUT2D eigenvalue weighted by molar-refractivity contribution is 7.09. The SMILES string of the molecule is CCO[C@H](C)c1nc(Cn2cc(F)ccc2=O)cs1. The maximum atomic E-state index is 13.1. The molecule has 0 fully saturated rings. The van der Waals surface area contributed by atoms with E-state index in [0.29, 0.717) is 6.61 Å². The molecule has 19 heavy (non-hydrogen) atoms. The van der Waals surface area contributed by atoms with Crippen molar-refractivity contribution in [1.29, 1.82) is 0 Å². The van der Waals surface area contributed by atoms with Gasteiger partial charge in [-0.2, -0.15) is 0 Å². The Morgan fingerprint density at radius 2 is 2.32 bits per heavy atom. The van der Waals surface area contributed by atoms with Crippen LogP contribution in [0.4, 0.5) is 4.39 Å². The Kier molecular flexibility index (Phi) is 4.44. The second kappa shape index (κ2) is 6.08. The number of thiazole rings is 1. The Labute approximate surface area is 114 Å². The molecule has 2 aromatic rings. The van der Waals surface area contributed by atoms with Crippen molar-refractivity contribution in [3.8, 4) is 0 Å². The first kappa shape index (κ1) is 13.9. The highest BCUT2D eigenvalue weighted by Gasteiger charge is 2.11. The first-order valence-electron chi connectivity index (χ1n) is 6.02. The number of aromatic nitrogens is 2. The van der Waals surface area contributed by atoms with Gasteiger partial charge in [0.2, 0.25) is 0 Å². The Morgan fingerprint density at radius 1 is 1.53 bits per heavy atom. The minimum Gasteiger partial charge on any atom is -0.372 e. The molecule has 2 aromatic heterocycles. The molecule has 6 heteroatoms. The Hall–Kier alpha value is -1.53. The van der Waals surface area contributed by atoms with Crippen LogP contribution in [0.15, 0.2) is 28.5 Å². The van der Waals surface area contributed by atoms with Crippen molar-refractivity contribution in [3.05, 3.63) is 50.6 Å². The molecule has 0 spiro atoms. The quantitative estimate of drug-likeness (QED) is 0.846. The van der Waals surface area contributed by atoms with Crippen LogP contribution in [0.25, 0.3) is 0 Å². The smallest absolute Gasteiger partial charge is 0.251 e. The Balaban J connectivity index is 2.16. The third kappa shape index (κ3) is 3.48. The largest absolute Gasteiger partial charge is 0.372 e. The predicted molar refractivity (Wildman–Crippen MR) is 71.9 cm³/mol. The van der Waals surface area contributed by atoms with Gasteiger partial charge in [-0.25, -0.2) is 9.37 Å². The van der Waals surface area contributed by atoms with Crippen LogP contribution in [-0.4, -0.2) is 16.2 Å². The van der Waals surface area contributed by atoms with Gasteiger partial charge in [0.1, 0.15) is 16.9 Å². The van der Waals surface area contributed by atoms with Crippen LogP contribution in [0.3, 0.4) is 0 Å². The van der Waals surface area contributed by atoms with Crippen LogP contribution in [0, 0.1) is 5.82 Å². The van der Waals surface area contributed by atoms with Crippen molar-refractivity contribution in [2.24, 2.45) is 0 Å². The lowest BCUT2D eigenvalue weighted by molar-refractivity contribution is 0.0761. The fraction of sp³-hybridized carbons (Fsp3) is 0.385. The summed E-state index contributed by atoms with van der Waals surface area (Å²) in [4.78, 5) is 16.0. The fourth-order valence-electron chi connectivity index (χ4n) is 1.70. The zero-order valence-corrected chi connectivity index (χ0v) is 11.6. The van der Waals surface area contributed by atoms with Gasteiger partial charge < -0.3 is 9.30 Å². The van der Waals surface area contributed by atoms with Crippen molar-refractivity contribution in [2.45, 2.75) is 26.5 Å². The highest BCUT2D eigenvalue weighted by Crippen LogP contribution is 2.21. The maximum absolute atomic E-state index is 13.1. The molecule has 0 N–H and O–H groups in total. The lowest BCUT2D eigenvalue weighted by Gasteiger charge is -2.07. The maximum Gasteiger partial charge on any atom is 0.251 e. The topological polar surface area (TPSA) is 44.1 Å². The van der Waals surface area contributed by atoms with Crippen molar-refractivity contribution < 1.29 is 9.13 Å². The number of hydrogen-bond acceptors (Lipinski definition) is 4. The van der Waals surface area contributed by atoms with Gasteiger partial charge in [-0.3, -0.25) is 4.79 Å². The van der Waals surface area contributed by atoms with Crippen molar-refractivity contribution in [1.82, 2.24) is 9.55 Å². The van der Waals surface area contributed by atoms with Crippen LogP contribution in [-0.2, 0) is 11.3 Å². The van der Waals surface area contributed by atoms with E-state index in [0.717, 1.165) is 16.8 Å². The fourth-order valence-corrected chi connectivity index (χ4v) is 2.52. The molecule has 2 rings (SSSR count). The summed E-state index contributed by atoms with van der Waals surface area (Å²) in [7, 11) is 0. The monoisotopic (exact) mass is 282 g/mol. The molecular weight excluding hydrogens is 267 g/mol. The van der Waals surface area contributed by atoms with Gasteiger partial charge in [-0.1, -0.05) is 0 Å². The van der Waals surface area contributed by atoms with E-state index in [2.05, 4.69) is 4.98 Å². The summed E-state index contributed by atoms with van der Waals surface area (Å²) in [5, 5.41) is 2.73. The zero-order valence-electron chi connectivity index (χ0n) is 10.8. The number of halogens is 1. The average Bonchev–Trinajstić information content (AvgIpc) is 2.83. The number of pyridine rings is 1. The lowest BCUT2D eigenvalue weighted by atomic mass is 10.4.